The first kappa shape index (κ1) is 8.06. The van der Waals surface area contributed by atoms with Gasteiger partial charge in [-0.1, -0.05) is 20.3 Å². The molecule has 1 heteroatoms. The molecule has 3 atom stereocenters. The molecular weight excluding hydrogens is 124 g/mol. The van der Waals surface area contributed by atoms with Gasteiger partial charge in [0.2, 0.25) is 0 Å². The first-order valence-corrected chi connectivity index (χ1v) is 4.42. The van der Waals surface area contributed by atoms with E-state index in [-0.39, 0.29) is 6.10 Å². The van der Waals surface area contributed by atoms with E-state index in [0.29, 0.717) is 0 Å². The Hall–Kier alpha value is -0.0400. The minimum Gasteiger partial charge on any atom is -0.393 e. The molecule has 0 saturated heterocycles. The Kier molecular flexibility index (Phi) is 2.72. The second-order valence-corrected chi connectivity index (χ2v) is 3.61. The Morgan fingerprint density at radius 2 is 2.10 bits per heavy atom. The van der Waals surface area contributed by atoms with E-state index in [1.165, 1.54) is 12.8 Å². The number of rotatable bonds is 1. The van der Waals surface area contributed by atoms with Gasteiger partial charge < -0.3 is 5.11 Å². The maximum Gasteiger partial charge on any atom is 0.0543 e. The van der Waals surface area contributed by atoms with Crippen molar-refractivity contribution in [1.82, 2.24) is 0 Å². The SMILES string of the molecule is CC[C@H]1CC[C@H](O)CC1C. The van der Waals surface area contributed by atoms with E-state index in [0.717, 1.165) is 24.7 Å². The quantitative estimate of drug-likeness (QED) is 0.595. The highest BCUT2D eigenvalue weighted by molar-refractivity contribution is 4.75. The van der Waals surface area contributed by atoms with Crippen molar-refractivity contribution in [2.24, 2.45) is 11.8 Å². The molecule has 1 fully saturated rings. The van der Waals surface area contributed by atoms with Crippen LogP contribution in [-0.4, -0.2) is 11.2 Å². The summed E-state index contributed by atoms with van der Waals surface area (Å²) in [5.41, 5.74) is 0. The van der Waals surface area contributed by atoms with E-state index in [2.05, 4.69) is 13.8 Å². The normalized spacial score (nSPS) is 41.7. The third kappa shape index (κ3) is 1.72. The second kappa shape index (κ2) is 3.38. The molecule has 0 amide bonds. The van der Waals surface area contributed by atoms with Crippen LogP contribution in [0, 0.1) is 11.8 Å². The molecule has 0 heterocycles. The van der Waals surface area contributed by atoms with E-state index in [4.69, 9.17) is 0 Å². The van der Waals surface area contributed by atoms with Crippen molar-refractivity contribution >= 4 is 0 Å². The maximum atomic E-state index is 9.29. The van der Waals surface area contributed by atoms with Crippen molar-refractivity contribution < 1.29 is 5.11 Å². The molecule has 1 saturated carbocycles. The number of hydrogen-bond acceptors (Lipinski definition) is 1. The van der Waals surface area contributed by atoms with Gasteiger partial charge in [0.15, 0.2) is 0 Å². The van der Waals surface area contributed by atoms with Gasteiger partial charge in [0.05, 0.1) is 6.10 Å². The average Bonchev–Trinajstić information content (AvgIpc) is 1.88. The fourth-order valence-corrected chi connectivity index (χ4v) is 2.04. The monoisotopic (exact) mass is 142 g/mol. The van der Waals surface area contributed by atoms with Crippen molar-refractivity contribution in [3.8, 4) is 0 Å². The summed E-state index contributed by atoms with van der Waals surface area (Å²) in [5.74, 6) is 1.62. The molecular formula is C9H18O. The van der Waals surface area contributed by atoms with Crippen molar-refractivity contribution in [3.05, 3.63) is 0 Å². The topological polar surface area (TPSA) is 20.2 Å². The molecule has 0 bridgehead atoms. The Bertz CT molecular complexity index is 101. The number of hydrogen-bond donors (Lipinski definition) is 1. The Balaban J connectivity index is 2.36. The molecule has 1 unspecified atom stereocenters. The maximum absolute atomic E-state index is 9.29. The predicted molar refractivity (Wildman–Crippen MR) is 42.8 cm³/mol. The minimum absolute atomic E-state index is 0.00204. The van der Waals surface area contributed by atoms with Crippen molar-refractivity contribution in [2.75, 3.05) is 0 Å². The minimum atomic E-state index is -0.00204. The lowest BCUT2D eigenvalue weighted by Gasteiger charge is -2.30. The predicted octanol–water partition coefficient (Wildman–Crippen LogP) is 2.19. The molecule has 1 rings (SSSR count). The highest BCUT2D eigenvalue weighted by Gasteiger charge is 2.24. The summed E-state index contributed by atoms with van der Waals surface area (Å²) in [4.78, 5) is 0. The van der Waals surface area contributed by atoms with E-state index in [1.54, 1.807) is 0 Å². The standard InChI is InChI=1S/C9H18O/c1-3-8-4-5-9(10)6-7(8)2/h7-10H,3-6H2,1-2H3/t7?,8-,9-/m0/s1. The van der Waals surface area contributed by atoms with Crippen LogP contribution in [0.1, 0.15) is 39.5 Å². The summed E-state index contributed by atoms with van der Waals surface area (Å²) in [6.07, 6.45) is 4.58. The molecule has 0 aromatic rings. The molecule has 1 aliphatic rings. The lowest BCUT2D eigenvalue weighted by atomic mass is 9.78. The summed E-state index contributed by atoms with van der Waals surface area (Å²) in [6.45, 7) is 4.51. The zero-order valence-corrected chi connectivity index (χ0v) is 7.01. The van der Waals surface area contributed by atoms with Crippen LogP contribution in [0.25, 0.3) is 0 Å². The summed E-state index contributed by atoms with van der Waals surface area (Å²) in [6, 6.07) is 0. The zero-order chi connectivity index (χ0) is 7.56. The lowest BCUT2D eigenvalue weighted by molar-refractivity contribution is 0.0740. The van der Waals surface area contributed by atoms with E-state index < -0.39 is 0 Å². The molecule has 0 spiro atoms. The highest BCUT2D eigenvalue weighted by atomic mass is 16.3. The van der Waals surface area contributed by atoms with Crippen LogP contribution in [0.4, 0.5) is 0 Å². The Morgan fingerprint density at radius 1 is 1.40 bits per heavy atom. The number of aliphatic hydroxyl groups excluding tert-OH is 1. The van der Waals surface area contributed by atoms with Gasteiger partial charge in [-0.15, -0.1) is 0 Å². The Morgan fingerprint density at radius 3 is 2.60 bits per heavy atom. The summed E-state index contributed by atoms with van der Waals surface area (Å²) in [5, 5.41) is 9.29. The summed E-state index contributed by atoms with van der Waals surface area (Å²) < 4.78 is 0. The van der Waals surface area contributed by atoms with Crippen LogP contribution in [0.15, 0.2) is 0 Å². The van der Waals surface area contributed by atoms with Crippen LogP contribution in [-0.2, 0) is 0 Å². The highest BCUT2D eigenvalue weighted by Crippen LogP contribution is 2.31. The zero-order valence-electron chi connectivity index (χ0n) is 7.01. The van der Waals surface area contributed by atoms with Crippen molar-refractivity contribution in [2.45, 2.75) is 45.6 Å². The largest absolute Gasteiger partial charge is 0.393 e. The fourth-order valence-electron chi connectivity index (χ4n) is 2.04. The molecule has 0 radical (unpaired) electrons. The molecule has 60 valence electrons. The number of aliphatic hydroxyl groups is 1. The van der Waals surface area contributed by atoms with Crippen molar-refractivity contribution in [3.63, 3.8) is 0 Å². The molecule has 1 nitrogen and oxygen atoms in total. The Labute approximate surface area is 63.4 Å². The molecule has 10 heavy (non-hydrogen) atoms. The third-order valence-corrected chi connectivity index (χ3v) is 2.84. The van der Waals surface area contributed by atoms with Crippen LogP contribution >= 0.6 is 0 Å². The molecule has 0 aromatic carbocycles. The van der Waals surface area contributed by atoms with Gasteiger partial charge in [0, 0.05) is 0 Å². The van der Waals surface area contributed by atoms with Crippen LogP contribution in [0.5, 0.6) is 0 Å². The van der Waals surface area contributed by atoms with Gasteiger partial charge in [-0.25, -0.2) is 0 Å². The summed E-state index contributed by atoms with van der Waals surface area (Å²) >= 11 is 0. The van der Waals surface area contributed by atoms with Gasteiger partial charge in [-0.05, 0) is 31.1 Å². The van der Waals surface area contributed by atoms with Crippen molar-refractivity contribution in [1.29, 1.82) is 0 Å². The van der Waals surface area contributed by atoms with Gasteiger partial charge in [0.1, 0.15) is 0 Å². The first-order chi connectivity index (χ1) is 4.74. The van der Waals surface area contributed by atoms with Gasteiger partial charge in [-0.3, -0.25) is 0 Å². The molecule has 0 aliphatic heterocycles. The first-order valence-electron chi connectivity index (χ1n) is 4.42. The van der Waals surface area contributed by atoms with Crippen LogP contribution in [0.2, 0.25) is 0 Å². The van der Waals surface area contributed by atoms with Crippen LogP contribution < -0.4 is 0 Å². The van der Waals surface area contributed by atoms with Gasteiger partial charge >= 0.3 is 0 Å². The fraction of sp³-hybridized carbons (Fsp3) is 1.00. The lowest BCUT2D eigenvalue weighted by Crippen LogP contribution is -2.25. The third-order valence-electron chi connectivity index (χ3n) is 2.84. The van der Waals surface area contributed by atoms with E-state index >= 15 is 0 Å². The summed E-state index contributed by atoms with van der Waals surface area (Å²) in [7, 11) is 0. The molecule has 1 N–H and O–H groups in total. The van der Waals surface area contributed by atoms with E-state index in [1.807, 2.05) is 0 Å². The smallest absolute Gasteiger partial charge is 0.0543 e. The molecule has 0 aromatic heterocycles. The second-order valence-electron chi connectivity index (χ2n) is 3.61. The average molecular weight is 142 g/mol. The van der Waals surface area contributed by atoms with E-state index in [9.17, 15) is 5.11 Å². The van der Waals surface area contributed by atoms with Crippen LogP contribution in [0.3, 0.4) is 0 Å². The van der Waals surface area contributed by atoms with Gasteiger partial charge in [-0.2, -0.15) is 0 Å². The van der Waals surface area contributed by atoms with Gasteiger partial charge in [0.25, 0.3) is 0 Å². The molecule has 1 aliphatic carbocycles.